The monoisotopic (exact) mass is 324 g/mol. The van der Waals surface area contributed by atoms with Gasteiger partial charge in [-0.25, -0.2) is 9.80 Å². The molecule has 2 aromatic rings. The van der Waals surface area contributed by atoms with Gasteiger partial charge in [-0.15, -0.1) is 0 Å². The highest BCUT2D eigenvalue weighted by Gasteiger charge is 2.39. The van der Waals surface area contributed by atoms with Gasteiger partial charge in [-0.2, -0.15) is 0 Å². The highest BCUT2D eigenvalue weighted by Crippen LogP contribution is 2.24. The summed E-state index contributed by atoms with van der Waals surface area (Å²) in [5.41, 5.74) is 2.08. The Labute approximate surface area is 141 Å². The van der Waals surface area contributed by atoms with Crippen molar-refractivity contribution in [3.05, 3.63) is 71.8 Å². The summed E-state index contributed by atoms with van der Waals surface area (Å²) in [5.74, 6) is -1.08. The molecule has 1 N–H and O–H groups in total. The molecule has 1 amide bonds. The summed E-state index contributed by atoms with van der Waals surface area (Å²) >= 11 is 0. The Kier molecular flexibility index (Phi) is 4.91. The van der Waals surface area contributed by atoms with Gasteiger partial charge in [-0.1, -0.05) is 60.7 Å². The molecular formula is C19H20N2O3. The molecule has 1 atom stereocenters. The third kappa shape index (κ3) is 3.63. The van der Waals surface area contributed by atoms with E-state index in [0.29, 0.717) is 19.5 Å². The Morgan fingerprint density at radius 1 is 1.00 bits per heavy atom. The van der Waals surface area contributed by atoms with Gasteiger partial charge < -0.3 is 5.11 Å². The fourth-order valence-corrected chi connectivity index (χ4v) is 3.05. The lowest BCUT2D eigenvalue weighted by Gasteiger charge is -2.35. The zero-order valence-corrected chi connectivity index (χ0v) is 13.3. The molecule has 0 spiro atoms. The summed E-state index contributed by atoms with van der Waals surface area (Å²) in [6.45, 7) is 0.983. The second-order valence-corrected chi connectivity index (χ2v) is 5.92. The number of carbonyl (C=O) groups excluding carboxylic acids is 1. The van der Waals surface area contributed by atoms with E-state index in [0.717, 1.165) is 11.1 Å². The van der Waals surface area contributed by atoms with Gasteiger partial charge in [0.15, 0.2) is 0 Å². The second-order valence-electron chi connectivity index (χ2n) is 5.92. The first-order valence-electron chi connectivity index (χ1n) is 8.03. The van der Waals surface area contributed by atoms with Crippen molar-refractivity contribution in [2.24, 2.45) is 0 Å². The van der Waals surface area contributed by atoms with Gasteiger partial charge in [0.2, 0.25) is 5.91 Å². The minimum atomic E-state index is -0.952. The lowest BCUT2D eigenvalue weighted by molar-refractivity contribution is -0.163. The van der Waals surface area contributed by atoms with Gasteiger partial charge in [0.25, 0.3) is 0 Å². The lowest BCUT2D eigenvalue weighted by atomic mass is 10.2. The number of amides is 1. The van der Waals surface area contributed by atoms with Crippen LogP contribution < -0.4 is 0 Å². The number of hydrogen-bond acceptors (Lipinski definition) is 3. The molecular weight excluding hydrogens is 304 g/mol. The number of carbonyl (C=O) groups is 2. The SMILES string of the molecule is O=C(O)[C@@H]1CCC(=O)N1N(Cc1ccccc1)Cc1ccccc1. The van der Waals surface area contributed by atoms with Crippen molar-refractivity contribution in [3.8, 4) is 0 Å². The molecule has 1 aliphatic rings. The van der Waals surface area contributed by atoms with Crippen molar-refractivity contribution in [1.82, 2.24) is 10.0 Å². The van der Waals surface area contributed by atoms with E-state index in [9.17, 15) is 14.7 Å². The molecule has 0 unspecified atom stereocenters. The predicted molar refractivity (Wildman–Crippen MR) is 89.6 cm³/mol. The van der Waals surface area contributed by atoms with Gasteiger partial charge >= 0.3 is 5.97 Å². The highest BCUT2D eigenvalue weighted by atomic mass is 16.4. The number of nitrogens with zero attached hydrogens (tertiary/aromatic N) is 2. The van der Waals surface area contributed by atoms with E-state index in [4.69, 9.17) is 0 Å². The van der Waals surface area contributed by atoms with Crippen LogP contribution in [-0.4, -0.2) is 33.0 Å². The van der Waals surface area contributed by atoms with Crippen LogP contribution in [0.2, 0.25) is 0 Å². The lowest BCUT2D eigenvalue weighted by Crippen LogP contribution is -2.49. The maximum atomic E-state index is 12.3. The van der Waals surface area contributed by atoms with E-state index >= 15 is 0 Å². The summed E-state index contributed by atoms with van der Waals surface area (Å²) in [5, 5.41) is 12.7. The molecule has 124 valence electrons. The van der Waals surface area contributed by atoms with Crippen LogP contribution in [0.15, 0.2) is 60.7 Å². The van der Waals surface area contributed by atoms with Crippen molar-refractivity contribution in [2.75, 3.05) is 0 Å². The molecule has 0 radical (unpaired) electrons. The van der Waals surface area contributed by atoms with E-state index in [2.05, 4.69) is 0 Å². The molecule has 1 fully saturated rings. The fourth-order valence-electron chi connectivity index (χ4n) is 3.05. The molecule has 0 aromatic heterocycles. The van der Waals surface area contributed by atoms with Gasteiger partial charge in [0.05, 0.1) is 0 Å². The third-order valence-electron chi connectivity index (χ3n) is 4.19. The van der Waals surface area contributed by atoms with E-state index in [-0.39, 0.29) is 12.3 Å². The Bertz CT molecular complexity index is 662. The Morgan fingerprint density at radius 3 is 1.96 bits per heavy atom. The Hall–Kier alpha value is -2.66. The van der Waals surface area contributed by atoms with Gasteiger partial charge in [-0.05, 0) is 17.5 Å². The van der Waals surface area contributed by atoms with Crippen molar-refractivity contribution in [1.29, 1.82) is 0 Å². The zero-order chi connectivity index (χ0) is 16.9. The molecule has 0 bridgehead atoms. The number of hydrogen-bond donors (Lipinski definition) is 1. The third-order valence-corrected chi connectivity index (χ3v) is 4.19. The van der Waals surface area contributed by atoms with Crippen LogP contribution >= 0.6 is 0 Å². The quantitative estimate of drug-likeness (QED) is 0.887. The van der Waals surface area contributed by atoms with Crippen molar-refractivity contribution < 1.29 is 14.7 Å². The van der Waals surface area contributed by atoms with Crippen LogP contribution in [0.3, 0.4) is 0 Å². The topological polar surface area (TPSA) is 60.9 Å². The van der Waals surface area contributed by atoms with Crippen LogP contribution in [0.5, 0.6) is 0 Å². The Balaban J connectivity index is 1.88. The Morgan fingerprint density at radius 2 is 1.50 bits per heavy atom. The van der Waals surface area contributed by atoms with Crippen molar-refractivity contribution >= 4 is 11.9 Å². The standard InChI is InChI=1S/C19H20N2O3/c22-18-12-11-17(19(23)24)21(18)20(13-15-7-3-1-4-8-15)14-16-9-5-2-6-10-16/h1-10,17H,11-14H2,(H,23,24)/t17-/m0/s1. The average molecular weight is 324 g/mol. The maximum Gasteiger partial charge on any atom is 0.328 e. The molecule has 0 aliphatic carbocycles. The van der Waals surface area contributed by atoms with Gasteiger partial charge in [0.1, 0.15) is 6.04 Å². The normalized spacial score (nSPS) is 17.5. The average Bonchev–Trinajstić information content (AvgIpc) is 2.98. The molecule has 3 rings (SSSR count). The smallest absolute Gasteiger partial charge is 0.328 e. The first-order chi connectivity index (χ1) is 11.6. The molecule has 2 aromatic carbocycles. The van der Waals surface area contributed by atoms with E-state index < -0.39 is 12.0 Å². The van der Waals surface area contributed by atoms with Crippen LogP contribution in [0.25, 0.3) is 0 Å². The summed E-state index contributed by atoms with van der Waals surface area (Å²) in [4.78, 5) is 23.9. The molecule has 0 saturated carbocycles. The van der Waals surface area contributed by atoms with Crippen molar-refractivity contribution in [3.63, 3.8) is 0 Å². The minimum absolute atomic E-state index is 0.130. The molecule has 5 nitrogen and oxygen atoms in total. The van der Waals surface area contributed by atoms with E-state index in [1.165, 1.54) is 5.01 Å². The van der Waals surface area contributed by atoms with Gasteiger partial charge in [0, 0.05) is 19.5 Å². The number of carboxylic acids is 1. The van der Waals surface area contributed by atoms with Crippen LogP contribution in [0.4, 0.5) is 0 Å². The van der Waals surface area contributed by atoms with Gasteiger partial charge in [-0.3, -0.25) is 9.80 Å². The minimum Gasteiger partial charge on any atom is -0.480 e. The largest absolute Gasteiger partial charge is 0.480 e. The number of hydrazine groups is 1. The number of benzene rings is 2. The summed E-state index contributed by atoms with van der Waals surface area (Å²) < 4.78 is 0. The van der Waals surface area contributed by atoms with Crippen LogP contribution in [0.1, 0.15) is 24.0 Å². The van der Waals surface area contributed by atoms with Crippen LogP contribution in [0, 0.1) is 0 Å². The summed E-state index contributed by atoms with van der Waals surface area (Å²) in [6, 6.07) is 18.8. The predicted octanol–water partition coefficient (Wildman–Crippen LogP) is 2.68. The highest BCUT2D eigenvalue weighted by molar-refractivity contribution is 5.86. The fraction of sp³-hybridized carbons (Fsp3) is 0.263. The molecule has 5 heteroatoms. The molecule has 1 saturated heterocycles. The molecule has 1 aliphatic heterocycles. The molecule has 24 heavy (non-hydrogen) atoms. The summed E-state index contributed by atoms with van der Waals surface area (Å²) in [6.07, 6.45) is 0.630. The first kappa shape index (κ1) is 16.2. The number of aliphatic carboxylic acids is 1. The first-order valence-corrected chi connectivity index (χ1v) is 8.03. The number of rotatable bonds is 6. The summed E-state index contributed by atoms with van der Waals surface area (Å²) in [7, 11) is 0. The second kappa shape index (κ2) is 7.27. The zero-order valence-electron chi connectivity index (χ0n) is 13.3. The van der Waals surface area contributed by atoms with Crippen molar-refractivity contribution in [2.45, 2.75) is 32.0 Å². The molecule has 1 heterocycles. The maximum absolute atomic E-state index is 12.3. The van der Waals surface area contributed by atoms with E-state index in [1.807, 2.05) is 65.7 Å². The van der Waals surface area contributed by atoms with Crippen LogP contribution in [-0.2, 0) is 22.7 Å². The van der Waals surface area contributed by atoms with E-state index in [1.54, 1.807) is 0 Å². The number of carboxylic acid groups (broad SMARTS) is 1.